The molecule has 0 heterocycles. The van der Waals surface area contributed by atoms with E-state index in [0.717, 1.165) is 0 Å². The zero-order valence-corrected chi connectivity index (χ0v) is 10.8. The fraction of sp³-hybridized carbons (Fsp3) is 0.133. The van der Waals surface area contributed by atoms with E-state index in [1.165, 1.54) is 7.11 Å². The van der Waals surface area contributed by atoms with E-state index in [-0.39, 0.29) is 11.7 Å². The number of aromatic hydroxyl groups is 1. The quantitative estimate of drug-likeness (QED) is 0.888. The number of rotatable bonds is 3. The number of carbonyl (C=O) groups excluding carboxylic acids is 1. The van der Waals surface area contributed by atoms with Crippen molar-refractivity contribution in [3.05, 3.63) is 53.6 Å². The van der Waals surface area contributed by atoms with Crippen LogP contribution < -0.4 is 10.1 Å². The lowest BCUT2D eigenvalue weighted by molar-refractivity contribution is 0.102. The smallest absolute Gasteiger partial charge is 0.259 e. The van der Waals surface area contributed by atoms with Crippen LogP contribution in [0.4, 0.5) is 5.69 Å². The third kappa shape index (κ3) is 2.68. The largest absolute Gasteiger partial charge is 0.508 e. The van der Waals surface area contributed by atoms with Gasteiger partial charge in [-0.1, -0.05) is 18.2 Å². The zero-order valence-electron chi connectivity index (χ0n) is 10.8. The molecule has 0 fully saturated rings. The summed E-state index contributed by atoms with van der Waals surface area (Å²) in [6.07, 6.45) is 0. The number of para-hydroxylation sites is 1. The summed E-state index contributed by atoms with van der Waals surface area (Å²) in [6.45, 7) is 1.74. The molecule has 4 heteroatoms. The molecule has 0 saturated carbocycles. The van der Waals surface area contributed by atoms with Crippen molar-refractivity contribution >= 4 is 11.6 Å². The zero-order chi connectivity index (χ0) is 13.8. The van der Waals surface area contributed by atoms with Crippen LogP contribution in [-0.4, -0.2) is 18.1 Å². The number of phenols is 1. The summed E-state index contributed by atoms with van der Waals surface area (Å²) in [5.41, 5.74) is 1.66. The van der Waals surface area contributed by atoms with Crippen molar-refractivity contribution in [2.24, 2.45) is 0 Å². The van der Waals surface area contributed by atoms with Gasteiger partial charge in [0.15, 0.2) is 0 Å². The molecule has 0 aliphatic rings. The summed E-state index contributed by atoms with van der Waals surface area (Å²) in [4.78, 5) is 12.2. The maximum atomic E-state index is 12.2. The van der Waals surface area contributed by atoms with Gasteiger partial charge in [0.1, 0.15) is 11.5 Å². The van der Waals surface area contributed by atoms with Gasteiger partial charge < -0.3 is 15.2 Å². The van der Waals surface area contributed by atoms with E-state index < -0.39 is 0 Å². The van der Waals surface area contributed by atoms with Crippen molar-refractivity contribution in [3.63, 3.8) is 0 Å². The molecule has 98 valence electrons. The minimum absolute atomic E-state index is 0.151. The number of ether oxygens (including phenoxy) is 1. The lowest BCUT2D eigenvalue weighted by Crippen LogP contribution is -2.13. The van der Waals surface area contributed by atoms with E-state index in [4.69, 9.17) is 4.74 Å². The van der Waals surface area contributed by atoms with Gasteiger partial charge in [0.25, 0.3) is 5.91 Å². The summed E-state index contributed by atoms with van der Waals surface area (Å²) in [5.74, 6) is 0.391. The molecule has 0 bridgehead atoms. The minimum atomic E-state index is -0.272. The second kappa shape index (κ2) is 5.44. The molecule has 0 atom stereocenters. The number of amides is 1. The molecule has 0 saturated heterocycles. The topological polar surface area (TPSA) is 58.6 Å². The van der Waals surface area contributed by atoms with Crippen LogP contribution in [0.1, 0.15) is 15.9 Å². The van der Waals surface area contributed by atoms with Crippen LogP contribution in [0.15, 0.2) is 42.5 Å². The first kappa shape index (κ1) is 13.0. The highest BCUT2D eigenvalue weighted by molar-refractivity contribution is 6.06. The molecule has 2 N–H and O–H groups in total. The molecule has 2 rings (SSSR count). The highest BCUT2D eigenvalue weighted by atomic mass is 16.5. The fourth-order valence-electron chi connectivity index (χ4n) is 1.78. The van der Waals surface area contributed by atoms with Crippen molar-refractivity contribution in [2.75, 3.05) is 12.4 Å². The Bertz CT molecular complexity index is 608. The number of phenolic OH excluding ortho intramolecular Hbond substituents is 1. The van der Waals surface area contributed by atoms with Crippen molar-refractivity contribution in [2.45, 2.75) is 6.92 Å². The number of methoxy groups -OCH3 is 1. The Morgan fingerprint density at radius 1 is 1.16 bits per heavy atom. The number of hydrogen-bond donors (Lipinski definition) is 2. The van der Waals surface area contributed by atoms with E-state index in [1.807, 2.05) is 0 Å². The van der Waals surface area contributed by atoms with Gasteiger partial charge in [-0.15, -0.1) is 0 Å². The number of anilines is 1. The lowest BCUT2D eigenvalue weighted by atomic mass is 10.1. The van der Waals surface area contributed by atoms with Crippen LogP contribution in [0.3, 0.4) is 0 Å². The number of nitrogens with one attached hydrogen (secondary N) is 1. The molecule has 2 aromatic carbocycles. The van der Waals surface area contributed by atoms with E-state index >= 15 is 0 Å². The Kier molecular flexibility index (Phi) is 3.71. The highest BCUT2D eigenvalue weighted by Crippen LogP contribution is 2.25. The van der Waals surface area contributed by atoms with Crippen LogP contribution in [0, 0.1) is 6.92 Å². The number of hydrogen-bond acceptors (Lipinski definition) is 3. The third-order valence-corrected chi connectivity index (χ3v) is 2.91. The van der Waals surface area contributed by atoms with Gasteiger partial charge >= 0.3 is 0 Å². The van der Waals surface area contributed by atoms with Crippen molar-refractivity contribution < 1.29 is 14.6 Å². The van der Waals surface area contributed by atoms with Crippen LogP contribution in [0.5, 0.6) is 11.5 Å². The summed E-state index contributed by atoms with van der Waals surface area (Å²) >= 11 is 0. The fourth-order valence-corrected chi connectivity index (χ4v) is 1.78. The molecular weight excluding hydrogens is 242 g/mol. The Hall–Kier alpha value is -2.49. The van der Waals surface area contributed by atoms with Crippen molar-refractivity contribution in [3.8, 4) is 11.5 Å². The molecule has 0 radical (unpaired) electrons. The second-order valence-corrected chi connectivity index (χ2v) is 4.10. The minimum Gasteiger partial charge on any atom is -0.508 e. The van der Waals surface area contributed by atoms with Gasteiger partial charge in [0.2, 0.25) is 0 Å². The molecule has 0 unspecified atom stereocenters. The van der Waals surface area contributed by atoms with Gasteiger partial charge in [-0.3, -0.25) is 4.79 Å². The molecule has 0 aromatic heterocycles. The van der Waals surface area contributed by atoms with E-state index in [1.54, 1.807) is 49.4 Å². The number of benzene rings is 2. The van der Waals surface area contributed by atoms with E-state index in [9.17, 15) is 9.90 Å². The van der Waals surface area contributed by atoms with Gasteiger partial charge in [-0.05, 0) is 31.2 Å². The summed E-state index contributed by atoms with van der Waals surface area (Å²) in [5, 5.41) is 12.4. The van der Waals surface area contributed by atoms with Gasteiger partial charge in [-0.2, -0.15) is 0 Å². The van der Waals surface area contributed by atoms with E-state index in [0.29, 0.717) is 22.6 Å². The Balaban J connectivity index is 2.28. The summed E-state index contributed by atoms with van der Waals surface area (Å²) < 4.78 is 5.15. The van der Waals surface area contributed by atoms with Gasteiger partial charge in [0.05, 0.1) is 12.7 Å². The predicted octanol–water partition coefficient (Wildman–Crippen LogP) is 2.96. The Morgan fingerprint density at radius 2 is 1.89 bits per heavy atom. The van der Waals surface area contributed by atoms with Crippen LogP contribution in [-0.2, 0) is 0 Å². The summed E-state index contributed by atoms with van der Waals surface area (Å²) in [6, 6.07) is 12.0. The van der Waals surface area contributed by atoms with Crippen LogP contribution >= 0.6 is 0 Å². The Labute approximate surface area is 111 Å². The Morgan fingerprint density at radius 3 is 2.63 bits per heavy atom. The highest BCUT2D eigenvalue weighted by Gasteiger charge is 2.13. The molecule has 0 spiro atoms. The maximum Gasteiger partial charge on any atom is 0.259 e. The average Bonchev–Trinajstić information content (AvgIpc) is 2.43. The average molecular weight is 257 g/mol. The first-order valence-corrected chi connectivity index (χ1v) is 5.86. The third-order valence-electron chi connectivity index (χ3n) is 2.91. The molecule has 19 heavy (non-hydrogen) atoms. The van der Waals surface area contributed by atoms with Gasteiger partial charge in [-0.25, -0.2) is 0 Å². The molecule has 4 nitrogen and oxygen atoms in total. The van der Waals surface area contributed by atoms with Crippen molar-refractivity contribution in [1.82, 2.24) is 0 Å². The van der Waals surface area contributed by atoms with Gasteiger partial charge in [0, 0.05) is 11.3 Å². The molecular formula is C15H15NO3. The molecule has 0 aliphatic carbocycles. The molecule has 1 amide bonds. The first-order chi connectivity index (χ1) is 9.13. The normalized spacial score (nSPS) is 10.0. The van der Waals surface area contributed by atoms with Crippen LogP contribution in [0.25, 0.3) is 0 Å². The lowest BCUT2D eigenvalue weighted by Gasteiger charge is -2.11. The first-order valence-electron chi connectivity index (χ1n) is 5.86. The van der Waals surface area contributed by atoms with E-state index in [2.05, 4.69) is 5.32 Å². The molecule has 0 aliphatic heterocycles. The summed E-state index contributed by atoms with van der Waals surface area (Å²) in [7, 11) is 1.52. The van der Waals surface area contributed by atoms with Crippen molar-refractivity contribution in [1.29, 1.82) is 0 Å². The standard InChI is InChI=1S/C15H15NO3/c1-10-12(7-5-8-13(10)17)16-15(18)11-6-3-4-9-14(11)19-2/h3-9,17H,1-2H3,(H,16,18). The molecule has 2 aromatic rings. The monoisotopic (exact) mass is 257 g/mol. The predicted molar refractivity (Wildman–Crippen MR) is 73.8 cm³/mol. The van der Waals surface area contributed by atoms with Crippen LogP contribution in [0.2, 0.25) is 0 Å². The maximum absolute atomic E-state index is 12.2. The number of carbonyl (C=O) groups is 1. The SMILES string of the molecule is COc1ccccc1C(=O)Nc1cccc(O)c1C. The second-order valence-electron chi connectivity index (χ2n) is 4.10.